The van der Waals surface area contributed by atoms with Crippen molar-refractivity contribution >= 4 is 21.7 Å². The number of anilines is 1. The molecule has 2 aromatic rings. The first-order valence-corrected chi connectivity index (χ1v) is 11.3. The number of hydrogen-bond donors (Lipinski definition) is 1. The number of nitrogens with zero attached hydrogens (tertiary/aromatic N) is 1. The Kier molecular flexibility index (Phi) is 6.59. The molecule has 1 fully saturated rings. The number of carbonyl (C=O) groups is 1. The van der Waals surface area contributed by atoms with Crippen LogP contribution < -0.4 is 9.62 Å². The fraction of sp³-hybridized carbons (Fsp3) is 0.409. The number of sulfonamides is 1. The number of nitrogens with one attached hydrogen (secondary N) is 1. The topological polar surface area (TPSA) is 75.7 Å². The van der Waals surface area contributed by atoms with E-state index >= 15 is 0 Å². The van der Waals surface area contributed by atoms with E-state index < -0.39 is 16.0 Å². The second-order valence-corrected chi connectivity index (χ2v) is 9.39. The van der Waals surface area contributed by atoms with Gasteiger partial charge in [-0.25, -0.2) is 17.9 Å². The molecule has 2 aromatic carbocycles. The average Bonchev–Trinajstić information content (AvgIpc) is 2.72. The lowest BCUT2D eigenvalue weighted by molar-refractivity contribution is 0.0600. The van der Waals surface area contributed by atoms with Gasteiger partial charge >= 0.3 is 5.97 Å². The van der Waals surface area contributed by atoms with Crippen molar-refractivity contribution in [1.29, 1.82) is 0 Å². The molecular formula is C22H28N2O4S. The summed E-state index contributed by atoms with van der Waals surface area (Å²) in [5, 5.41) is 0. The van der Waals surface area contributed by atoms with Crippen LogP contribution in [0.25, 0.3) is 0 Å². The highest BCUT2D eigenvalue weighted by Crippen LogP contribution is 2.23. The fourth-order valence-corrected chi connectivity index (χ4v) is 4.93. The van der Waals surface area contributed by atoms with Gasteiger partial charge in [0.1, 0.15) is 0 Å². The van der Waals surface area contributed by atoms with Gasteiger partial charge in [-0.05, 0) is 61.1 Å². The molecule has 0 radical (unpaired) electrons. The Morgan fingerprint density at radius 1 is 1.21 bits per heavy atom. The Bertz CT molecular complexity index is 971. The molecule has 1 heterocycles. The zero-order valence-electron chi connectivity index (χ0n) is 17.1. The summed E-state index contributed by atoms with van der Waals surface area (Å²) in [7, 11) is -2.49. The van der Waals surface area contributed by atoms with Crippen LogP contribution in [0.5, 0.6) is 0 Å². The molecule has 0 aromatic heterocycles. The third-order valence-corrected chi connectivity index (χ3v) is 6.87. The van der Waals surface area contributed by atoms with Crippen molar-refractivity contribution in [2.24, 2.45) is 5.92 Å². The van der Waals surface area contributed by atoms with E-state index in [1.807, 2.05) is 24.3 Å². The Morgan fingerprint density at radius 3 is 2.59 bits per heavy atom. The van der Waals surface area contributed by atoms with Gasteiger partial charge in [0.05, 0.1) is 17.6 Å². The van der Waals surface area contributed by atoms with Crippen LogP contribution in [-0.2, 0) is 21.3 Å². The van der Waals surface area contributed by atoms with Crippen LogP contribution >= 0.6 is 0 Å². The maximum absolute atomic E-state index is 12.8. The van der Waals surface area contributed by atoms with Crippen molar-refractivity contribution in [2.45, 2.75) is 38.1 Å². The summed E-state index contributed by atoms with van der Waals surface area (Å²) >= 11 is 0. The van der Waals surface area contributed by atoms with Crippen LogP contribution in [-0.4, -0.2) is 34.6 Å². The van der Waals surface area contributed by atoms with E-state index in [0.717, 1.165) is 18.7 Å². The van der Waals surface area contributed by atoms with E-state index in [2.05, 4.69) is 21.3 Å². The Morgan fingerprint density at radius 2 is 1.93 bits per heavy atom. The van der Waals surface area contributed by atoms with Crippen molar-refractivity contribution in [1.82, 2.24) is 4.72 Å². The van der Waals surface area contributed by atoms with Crippen LogP contribution in [0.15, 0.2) is 47.4 Å². The number of carbonyl (C=O) groups excluding carboxylic acids is 1. The fourth-order valence-electron chi connectivity index (χ4n) is 3.64. The minimum absolute atomic E-state index is 0.0827. The molecule has 0 bridgehead atoms. The predicted octanol–water partition coefficient (Wildman–Crippen LogP) is 3.50. The second-order valence-electron chi connectivity index (χ2n) is 7.66. The molecule has 0 amide bonds. The maximum atomic E-state index is 12.8. The first kappa shape index (κ1) is 21.3. The van der Waals surface area contributed by atoms with Crippen molar-refractivity contribution in [3.63, 3.8) is 0 Å². The molecule has 1 aliphatic heterocycles. The number of hydrogen-bond acceptors (Lipinski definition) is 5. The van der Waals surface area contributed by atoms with Crippen molar-refractivity contribution < 1.29 is 17.9 Å². The molecule has 3 rings (SSSR count). The number of aryl methyl sites for hydroxylation is 1. The summed E-state index contributed by atoms with van der Waals surface area (Å²) < 4.78 is 32.8. The van der Waals surface area contributed by atoms with E-state index in [1.165, 1.54) is 31.7 Å². The van der Waals surface area contributed by atoms with E-state index in [1.54, 1.807) is 19.1 Å². The van der Waals surface area contributed by atoms with Crippen LogP contribution in [0.3, 0.4) is 0 Å². The van der Waals surface area contributed by atoms with Gasteiger partial charge in [-0.15, -0.1) is 0 Å². The minimum Gasteiger partial charge on any atom is -0.465 e. The standard InChI is InChI=1S/C22H28N2O4S/c1-16-5-4-12-24(15-16)20-10-7-18(8-11-20)14-23-29(26,27)21-13-19(22(25)28-3)9-6-17(21)2/h6-11,13,16,23H,4-5,12,14-15H2,1-3H3. The molecule has 7 heteroatoms. The van der Waals surface area contributed by atoms with Crippen molar-refractivity contribution in [3.05, 3.63) is 59.2 Å². The lowest BCUT2D eigenvalue weighted by Gasteiger charge is -2.32. The number of methoxy groups -OCH3 is 1. The van der Waals surface area contributed by atoms with Gasteiger partial charge in [0.25, 0.3) is 0 Å². The maximum Gasteiger partial charge on any atom is 0.337 e. The first-order valence-electron chi connectivity index (χ1n) is 9.82. The summed E-state index contributed by atoms with van der Waals surface area (Å²) in [6.07, 6.45) is 2.47. The number of piperidine rings is 1. The molecule has 1 unspecified atom stereocenters. The summed E-state index contributed by atoms with van der Waals surface area (Å²) in [4.78, 5) is 14.2. The summed E-state index contributed by atoms with van der Waals surface area (Å²) in [6, 6.07) is 12.5. The molecule has 1 atom stereocenters. The van der Waals surface area contributed by atoms with Gasteiger partial charge < -0.3 is 9.64 Å². The predicted molar refractivity (Wildman–Crippen MR) is 114 cm³/mol. The molecule has 0 saturated carbocycles. The molecule has 0 spiro atoms. The molecule has 156 valence electrons. The third kappa shape index (κ3) is 5.16. The third-order valence-electron chi connectivity index (χ3n) is 5.32. The molecule has 0 aliphatic carbocycles. The highest BCUT2D eigenvalue weighted by atomic mass is 32.2. The first-order chi connectivity index (χ1) is 13.8. The number of benzene rings is 2. The smallest absolute Gasteiger partial charge is 0.337 e. The van der Waals surface area contributed by atoms with Crippen molar-refractivity contribution in [2.75, 3.05) is 25.1 Å². The second kappa shape index (κ2) is 8.97. The number of rotatable bonds is 6. The minimum atomic E-state index is -3.76. The highest BCUT2D eigenvalue weighted by molar-refractivity contribution is 7.89. The Labute approximate surface area is 172 Å². The summed E-state index contributed by atoms with van der Waals surface area (Å²) in [5.41, 5.74) is 2.83. The van der Waals surface area contributed by atoms with Crippen LogP contribution in [0.4, 0.5) is 5.69 Å². The lowest BCUT2D eigenvalue weighted by Crippen LogP contribution is -2.34. The van der Waals surface area contributed by atoms with E-state index in [9.17, 15) is 13.2 Å². The molecule has 1 N–H and O–H groups in total. The Balaban J connectivity index is 1.70. The SMILES string of the molecule is COC(=O)c1ccc(C)c(S(=O)(=O)NCc2ccc(N3CCCC(C)C3)cc2)c1. The van der Waals surface area contributed by atoms with E-state index in [4.69, 9.17) is 0 Å². The number of ether oxygens (including phenoxy) is 1. The van der Waals surface area contributed by atoms with Gasteiger partial charge in [0, 0.05) is 25.3 Å². The normalized spacial score (nSPS) is 17.2. The van der Waals surface area contributed by atoms with Gasteiger partial charge in [0.2, 0.25) is 10.0 Å². The molecule has 6 nitrogen and oxygen atoms in total. The average molecular weight is 417 g/mol. The number of esters is 1. The molecule has 1 saturated heterocycles. The van der Waals surface area contributed by atoms with E-state index in [0.29, 0.717) is 11.5 Å². The van der Waals surface area contributed by atoms with Crippen molar-refractivity contribution in [3.8, 4) is 0 Å². The summed E-state index contributed by atoms with van der Waals surface area (Å²) in [5.74, 6) is 0.128. The summed E-state index contributed by atoms with van der Waals surface area (Å²) in [6.45, 7) is 6.27. The van der Waals surface area contributed by atoms with Crippen LogP contribution in [0, 0.1) is 12.8 Å². The zero-order chi connectivity index (χ0) is 21.0. The highest BCUT2D eigenvalue weighted by Gasteiger charge is 2.20. The van der Waals surface area contributed by atoms with Crippen LogP contribution in [0.1, 0.15) is 41.3 Å². The Hall–Kier alpha value is -2.38. The van der Waals surface area contributed by atoms with Crippen LogP contribution in [0.2, 0.25) is 0 Å². The largest absolute Gasteiger partial charge is 0.465 e. The molecule has 29 heavy (non-hydrogen) atoms. The van der Waals surface area contributed by atoms with E-state index in [-0.39, 0.29) is 17.0 Å². The monoisotopic (exact) mass is 416 g/mol. The van der Waals surface area contributed by atoms with Gasteiger partial charge in [-0.1, -0.05) is 25.1 Å². The molecule has 1 aliphatic rings. The molecular weight excluding hydrogens is 388 g/mol. The van der Waals surface area contributed by atoms with Gasteiger partial charge in [-0.3, -0.25) is 0 Å². The quantitative estimate of drug-likeness (QED) is 0.730. The lowest BCUT2D eigenvalue weighted by atomic mass is 9.99. The zero-order valence-corrected chi connectivity index (χ0v) is 18.0. The van der Waals surface area contributed by atoms with Gasteiger partial charge in [0.15, 0.2) is 0 Å². The van der Waals surface area contributed by atoms with Gasteiger partial charge in [-0.2, -0.15) is 0 Å².